The van der Waals surface area contributed by atoms with E-state index in [9.17, 15) is 18.3 Å². The Kier molecular flexibility index (Phi) is 4.20. The van der Waals surface area contributed by atoms with Crippen LogP contribution in [0.25, 0.3) is 0 Å². The predicted molar refractivity (Wildman–Crippen MR) is 66.1 cm³/mol. The Morgan fingerprint density at radius 1 is 1.42 bits per heavy atom. The molecule has 19 heavy (non-hydrogen) atoms. The van der Waals surface area contributed by atoms with Crippen molar-refractivity contribution in [3.05, 3.63) is 22.8 Å². The molecule has 0 bridgehead atoms. The minimum Gasteiger partial charge on any atom is -0.396 e. The summed E-state index contributed by atoms with van der Waals surface area (Å²) in [6, 6.07) is 0.867. The second-order valence-corrected chi connectivity index (χ2v) is 5.08. The van der Waals surface area contributed by atoms with Crippen LogP contribution in [0, 0.1) is 5.92 Å². The number of rotatable bonds is 3. The fraction of sp³-hybridized carbons (Fsp3) is 0.583. The van der Waals surface area contributed by atoms with E-state index in [4.69, 9.17) is 11.6 Å². The first kappa shape index (κ1) is 14.4. The second kappa shape index (κ2) is 5.54. The Morgan fingerprint density at radius 3 is 2.74 bits per heavy atom. The SMILES string of the molecule is OCC1CCCC1Nc1ncc(C(F)(F)F)cc1Cl. The van der Waals surface area contributed by atoms with Crippen LogP contribution in [0.2, 0.25) is 5.02 Å². The van der Waals surface area contributed by atoms with E-state index < -0.39 is 11.7 Å². The molecule has 1 aliphatic rings. The number of nitrogens with zero attached hydrogens (tertiary/aromatic N) is 1. The molecule has 0 radical (unpaired) electrons. The molecule has 2 atom stereocenters. The van der Waals surface area contributed by atoms with Gasteiger partial charge in [0.2, 0.25) is 0 Å². The standard InChI is InChI=1S/C12H14ClF3N2O/c13-9-4-8(12(14,15)16)5-17-11(9)18-10-3-1-2-7(10)6-19/h4-5,7,10,19H,1-3,6H2,(H,17,18). The largest absolute Gasteiger partial charge is 0.417 e. The number of aliphatic hydroxyl groups excluding tert-OH is 1. The van der Waals surface area contributed by atoms with Gasteiger partial charge in [-0.05, 0) is 18.9 Å². The van der Waals surface area contributed by atoms with Crippen molar-refractivity contribution in [2.45, 2.75) is 31.5 Å². The molecule has 7 heteroatoms. The van der Waals surface area contributed by atoms with Gasteiger partial charge in [0.1, 0.15) is 5.82 Å². The van der Waals surface area contributed by atoms with E-state index in [-0.39, 0.29) is 29.4 Å². The molecule has 2 N–H and O–H groups in total. The lowest BCUT2D eigenvalue weighted by Gasteiger charge is -2.20. The van der Waals surface area contributed by atoms with Crippen LogP contribution in [0.1, 0.15) is 24.8 Å². The maximum absolute atomic E-state index is 12.5. The molecular formula is C12H14ClF3N2O. The first-order valence-electron chi connectivity index (χ1n) is 6.02. The fourth-order valence-corrected chi connectivity index (χ4v) is 2.54. The Labute approximate surface area is 113 Å². The highest BCUT2D eigenvalue weighted by molar-refractivity contribution is 6.33. The number of nitrogens with one attached hydrogen (secondary N) is 1. The molecule has 0 saturated heterocycles. The minimum atomic E-state index is -4.45. The van der Waals surface area contributed by atoms with Gasteiger partial charge in [-0.1, -0.05) is 18.0 Å². The van der Waals surface area contributed by atoms with Gasteiger partial charge in [-0.3, -0.25) is 0 Å². The highest BCUT2D eigenvalue weighted by Crippen LogP contribution is 2.34. The van der Waals surface area contributed by atoms with Crippen molar-refractivity contribution in [3.8, 4) is 0 Å². The summed E-state index contributed by atoms with van der Waals surface area (Å²) < 4.78 is 37.4. The molecule has 1 saturated carbocycles. The summed E-state index contributed by atoms with van der Waals surface area (Å²) in [4.78, 5) is 3.73. The lowest BCUT2D eigenvalue weighted by Crippen LogP contribution is -2.27. The average Bonchev–Trinajstić information content (AvgIpc) is 2.77. The second-order valence-electron chi connectivity index (χ2n) is 4.68. The zero-order valence-corrected chi connectivity index (χ0v) is 10.8. The Bertz CT molecular complexity index is 453. The van der Waals surface area contributed by atoms with E-state index in [2.05, 4.69) is 10.3 Å². The van der Waals surface area contributed by atoms with Crippen molar-refractivity contribution in [1.82, 2.24) is 4.98 Å². The maximum atomic E-state index is 12.5. The van der Waals surface area contributed by atoms with Crippen molar-refractivity contribution < 1.29 is 18.3 Å². The van der Waals surface area contributed by atoms with Gasteiger partial charge >= 0.3 is 6.18 Å². The monoisotopic (exact) mass is 294 g/mol. The zero-order valence-electron chi connectivity index (χ0n) is 10.0. The van der Waals surface area contributed by atoms with E-state index in [1.807, 2.05) is 0 Å². The van der Waals surface area contributed by atoms with Gasteiger partial charge in [-0.25, -0.2) is 4.98 Å². The molecule has 1 fully saturated rings. The van der Waals surface area contributed by atoms with Gasteiger partial charge in [0, 0.05) is 24.8 Å². The summed E-state index contributed by atoms with van der Waals surface area (Å²) >= 11 is 5.82. The third kappa shape index (κ3) is 3.30. The summed E-state index contributed by atoms with van der Waals surface area (Å²) in [5.74, 6) is 0.333. The van der Waals surface area contributed by atoms with Crippen molar-refractivity contribution in [2.75, 3.05) is 11.9 Å². The van der Waals surface area contributed by atoms with E-state index >= 15 is 0 Å². The van der Waals surface area contributed by atoms with Crippen LogP contribution in [0.15, 0.2) is 12.3 Å². The highest BCUT2D eigenvalue weighted by Gasteiger charge is 2.32. The zero-order chi connectivity index (χ0) is 14.0. The number of alkyl halides is 3. The molecule has 1 aromatic rings. The molecule has 0 aromatic carbocycles. The molecule has 106 valence electrons. The molecule has 0 amide bonds. The lowest BCUT2D eigenvalue weighted by molar-refractivity contribution is -0.137. The predicted octanol–water partition coefficient (Wildman–Crippen LogP) is 3.33. The van der Waals surface area contributed by atoms with E-state index in [0.717, 1.165) is 31.5 Å². The molecule has 0 aliphatic heterocycles. The number of hydrogen-bond acceptors (Lipinski definition) is 3. The first-order chi connectivity index (χ1) is 8.91. The van der Waals surface area contributed by atoms with Crippen LogP contribution in [-0.2, 0) is 6.18 Å². The Hall–Kier alpha value is -1.01. The van der Waals surface area contributed by atoms with Gasteiger partial charge in [0.25, 0.3) is 0 Å². The third-order valence-electron chi connectivity index (χ3n) is 3.38. The summed E-state index contributed by atoms with van der Waals surface area (Å²) in [5.41, 5.74) is -0.867. The lowest BCUT2D eigenvalue weighted by atomic mass is 10.1. The Morgan fingerprint density at radius 2 is 2.16 bits per heavy atom. The number of anilines is 1. The molecule has 1 aromatic heterocycles. The third-order valence-corrected chi connectivity index (χ3v) is 3.67. The number of aromatic nitrogens is 1. The smallest absolute Gasteiger partial charge is 0.396 e. The number of pyridine rings is 1. The van der Waals surface area contributed by atoms with Gasteiger partial charge in [-0.15, -0.1) is 0 Å². The van der Waals surface area contributed by atoms with Crippen molar-refractivity contribution in [1.29, 1.82) is 0 Å². The van der Waals surface area contributed by atoms with Crippen LogP contribution in [0.3, 0.4) is 0 Å². The molecule has 0 spiro atoms. The van der Waals surface area contributed by atoms with E-state index in [1.54, 1.807) is 0 Å². The molecule has 2 unspecified atom stereocenters. The van der Waals surface area contributed by atoms with Crippen molar-refractivity contribution in [2.24, 2.45) is 5.92 Å². The number of halogens is 4. The topological polar surface area (TPSA) is 45.1 Å². The van der Waals surface area contributed by atoms with Crippen LogP contribution < -0.4 is 5.32 Å². The van der Waals surface area contributed by atoms with Gasteiger partial charge in [0.15, 0.2) is 0 Å². The van der Waals surface area contributed by atoms with Crippen LogP contribution >= 0.6 is 11.6 Å². The maximum Gasteiger partial charge on any atom is 0.417 e. The Balaban J connectivity index is 2.13. The van der Waals surface area contributed by atoms with E-state index in [1.165, 1.54) is 0 Å². The first-order valence-corrected chi connectivity index (χ1v) is 6.39. The van der Waals surface area contributed by atoms with E-state index in [0.29, 0.717) is 0 Å². The summed E-state index contributed by atoms with van der Waals surface area (Å²) in [6.07, 6.45) is -0.967. The van der Waals surface area contributed by atoms with Gasteiger partial charge in [-0.2, -0.15) is 13.2 Å². The molecule has 2 rings (SSSR count). The van der Waals surface area contributed by atoms with Crippen LogP contribution in [0.4, 0.5) is 19.0 Å². The number of aliphatic hydroxyl groups is 1. The van der Waals surface area contributed by atoms with Gasteiger partial charge < -0.3 is 10.4 Å². The summed E-state index contributed by atoms with van der Waals surface area (Å²) in [5, 5.41) is 12.2. The summed E-state index contributed by atoms with van der Waals surface area (Å²) in [6.45, 7) is 0.0515. The molecule has 1 aliphatic carbocycles. The summed E-state index contributed by atoms with van der Waals surface area (Å²) in [7, 11) is 0. The highest BCUT2D eigenvalue weighted by atomic mass is 35.5. The van der Waals surface area contributed by atoms with Crippen molar-refractivity contribution in [3.63, 3.8) is 0 Å². The molecular weight excluding hydrogens is 281 g/mol. The molecule has 1 heterocycles. The minimum absolute atomic E-state index is 0.00624. The number of hydrogen-bond donors (Lipinski definition) is 2. The van der Waals surface area contributed by atoms with Crippen molar-refractivity contribution >= 4 is 17.4 Å². The quantitative estimate of drug-likeness (QED) is 0.899. The normalized spacial score (nSPS) is 23.6. The fourth-order valence-electron chi connectivity index (χ4n) is 2.32. The van der Waals surface area contributed by atoms with Crippen LogP contribution in [-0.4, -0.2) is 22.7 Å². The molecule has 3 nitrogen and oxygen atoms in total. The average molecular weight is 295 g/mol. The van der Waals surface area contributed by atoms with Gasteiger partial charge in [0.05, 0.1) is 10.6 Å². The van der Waals surface area contributed by atoms with Crippen LogP contribution in [0.5, 0.6) is 0 Å².